The van der Waals surface area contributed by atoms with E-state index in [1.54, 1.807) is 13.0 Å². The largest absolute Gasteiger partial charge is 0.268 e. The zero-order valence-electron chi connectivity index (χ0n) is 12.9. The molecule has 1 atom stereocenters. The topological polar surface area (TPSA) is 91.9 Å². The minimum atomic E-state index is -3.14. The highest BCUT2D eigenvalue weighted by atomic mass is 32.2. The van der Waals surface area contributed by atoms with E-state index < -0.39 is 10.0 Å². The summed E-state index contributed by atoms with van der Waals surface area (Å²) in [6.45, 7) is 2.10. The number of rotatable bonds is 5. The normalized spacial score (nSPS) is 17.2. The van der Waals surface area contributed by atoms with Gasteiger partial charge in [-0.2, -0.15) is 5.10 Å². The minimum Gasteiger partial charge on any atom is -0.268 e. The van der Waals surface area contributed by atoms with Gasteiger partial charge in [0.2, 0.25) is 10.0 Å². The van der Waals surface area contributed by atoms with Crippen LogP contribution in [0.25, 0.3) is 11.3 Å². The van der Waals surface area contributed by atoms with Gasteiger partial charge in [-0.15, -0.1) is 0 Å². The predicted octanol–water partition coefficient (Wildman–Crippen LogP) is 1.09. The smallest absolute Gasteiger partial charge is 0.264 e. The van der Waals surface area contributed by atoms with Gasteiger partial charge in [0.15, 0.2) is 0 Å². The number of hydrogen-bond donors (Lipinski definition) is 2. The molecule has 1 aromatic heterocycles. The van der Waals surface area contributed by atoms with Crippen LogP contribution in [0.2, 0.25) is 0 Å². The first-order chi connectivity index (χ1) is 11.0. The SMILES string of the molecule is CCS(=O)(=O)NCC1Cc2ccc(-c3ccc(=O)[nH]n3)cc2C1. The molecule has 2 N–H and O–H groups in total. The van der Waals surface area contributed by atoms with Gasteiger partial charge in [-0.1, -0.05) is 12.1 Å². The number of fused-ring (bicyclic) bond motifs is 1. The van der Waals surface area contributed by atoms with E-state index in [0.717, 1.165) is 24.1 Å². The van der Waals surface area contributed by atoms with Crippen LogP contribution in [0.15, 0.2) is 35.1 Å². The third-order valence-corrected chi connectivity index (χ3v) is 5.54. The Balaban J connectivity index is 1.73. The maximum absolute atomic E-state index is 11.5. The van der Waals surface area contributed by atoms with Crippen molar-refractivity contribution < 1.29 is 8.42 Å². The average Bonchev–Trinajstić information content (AvgIpc) is 2.96. The molecule has 0 saturated carbocycles. The Morgan fingerprint density at radius 3 is 2.70 bits per heavy atom. The maximum Gasteiger partial charge on any atom is 0.264 e. The third kappa shape index (κ3) is 3.68. The van der Waals surface area contributed by atoms with Crippen LogP contribution in [0.5, 0.6) is 0 Å². The fourth-order valence-electron chi connectivity index (χ4n) is 2.87. The van der Waals surface area contributed by atoms with E-state index in [4.69, 9.17) is 0 Å². The first-order valence-electron chi connectivity index (χ1n) is 7.62. The molecule has 1 aliphatic carbocycles. The van der Waals surface area contributed by atoms with Crippen LogP contribution in [0.4, 0.5) is 0 Å². The summed E-state index contributed by atoms with van der Waals surface area (Å²) in [4.78, 5) is 11.1. The van der Waals surface area contributed by atoms with Crippen LogP contribution in [0, 0.1) is 5.92 Å². The monoisotopic (exact) mass is 333 g/mol. The zero-order chi connectivity index (χ0) is 16.4. The number of aromatic amines is 1. The van der Waals surface area contributed by atoms with E-state index >= 15 is 0 Å². The van der Waals surface area contributed by atoms with Gasteiger partial charge < -0.3 is 0 Å². The molecule has 0 aliphatic heterocycles. The van der Waals surface area contributed by atoms with E-state index in [9.17, 15) is 13.2 Å². The first kappa shape index (κ1) is 15.9. The highest BCUT2D eigenvalue weighted by molar-refractivity contribution is 7.89. The van der Waals surface area contributed by atoms with Crippen LogP contribution in [0.1, 0.15) is 18.1 Å². The molecule has 1 aromatic carbocycles. The Bertz CT molecular complexity index is 854. The van der Waals surface area contributed by atoms with E-state index in [0.29, 0.717) is 6.54 Å². The summed E-state index contributed by atoms with van der Waals surface area (Å²) in [6, 6.07) is 9.27. The summed E-state index contributed by atoms with van der Waals surface area (Å²) < 4.78 is 25.8. The van der Waals surface area contributed by atoms with Gasteiger partial charge in [-0.25, -0.2) is 18.2 Å². The summed E-state index contributed by atoms with van der Waals surface area (Å²) in [5.41, 5.74) is 3.92. The second-order valence-corrected chi connectivity index (χ2v) is 7.91. The Labute approximate surface area is 135 Å². The van der Waals surface area contributed by atoms with E-state index in [2.05, 4.69) is 27.1 Å². The second-order valence-electron chi connectivity index (χ2n) is 5.82. The van der Waals surface area contributed by atoms with E-state index in [1.165, 1.54) is 17.2 Å². The fourth-order valence-corrected chi connectivity index (χ4v) is 3.56. The number of aromatic nitrogens is 2. The summed E-state index contributed by atoms with van der Waals surface area (Å²) in [5, 5.41) is 6.48. The van der Waals surface area contributed by atoms with Gasteiger partial charge in [0.1, 0.15) is 0 Å². The number of benzene rings is 1. The van der Waals surface area contributed by atoms with Crippen molar-refractivity contribution >= 4 is 10.0 Å². The van der Waals surface area contributed by atoms with E-state index in [-0.39, 0.29) is 17.2 Å². The molecule has 1 heterocycles. The van der Waals surface area contributed by atoms with Crippen molar-refractivity contribution in [3.05, 3.63) is 51.8 Å². The molecule has 2 aromatic rings. The van der Waals surface area contributed by atoms with Crippen LogP contribution >= 0.6 is 0 Å². The average molecular weight is 333 g/mol. The number of nitrogens with zero attached hydrogens (tertiary/aromatic N) is 1. The highest BCUT2D eigenvalue weighted by Crippen LogP contribution is 2.30. The Morgan fingerprint density at radius 1 is 1.22 bits per heavy atom. The highest BCUT2D eigenvalue weighted by Gasteiger charge is 2.23. The lowest BCUT2D eigenvalue weighted by Crippen LogP contribution is -2.30. The molecule has 6 nitrogen and oxygen atoms in total. The van der Waals surface area contributed by atoms with E-state index in [1.807, 2.05) is 6.07 Å². The molecule has 0 radical (unpaired) electrons. The predicted molar refractivity (Wildman–Crippen MR) is 88.7 cm³/mol. The number of H-pyrrole nitrogens is 1. The molecule has 0 bridgehead atoms. The molecule has 7 heteroatoms. The lowest BCUT2D eigenvalue weighted by atomic mass is 10.0. The summed E-state index contributed by atoms with van der Waals surface area (Å²) in [5.74, 6) is 0.388. The van der Waals surface area contributed by atoms with Crippen LogP contribution in [-0.4, -0.2) is 30.9 Å². The molecule has 0 spiro atoms. The standard InChI is InChI=1S/C16H19N3O3S/c1-2-23(21,22)17-10-11-7-12-3-4-13(9-14(12)8-11)15-5-6-16(20)19-18-15/h3-6,9,11,17H,2,7-8,10H2,1H3,(H,19,20). The maximum atomic E-state index is 11.5. The number of nitrogens with one attached hydrogen (secondary N) is 2. The Morgan fingerprint density at radius 2 is 2.00 bits per heavy atom. The Kier molecular flexibility index (Phi) is 4.32. The summed E-state index contributed by atoms with van der Waals surface area (Å²) >= 11 is 0. The zero-order valence-corrected chi connectivity index (χ0v) is 13.7. The summed E-state index contributed by atoms with van der Waals surface area (Å²) in [7, 11) is -3.14. The van der Waals surface area contributed by atoms with Crippen LogP contribution in [0.3, 0.4) is 0 Å². The van der Waals surface area contributed by atoms with Crippen LogP contribution in [-0.2, 0) is 22.9 Å². The lowest BCUT2D eigenvalue weighted by Gasteiger charge is -2.09. The first-order valence-corrected chi connectivity index (χ1v) is 9.27. The quantitative estimate of drug-likeness (QED) is 0.857. The lowest BCUT2D eigenvalue weighted by molar-refractivity contribution is 0.528. The van der Waals surface area contributed by atoms with Gasteiger partial charge >= 0.3 is 0 Å². The Hall–Kier alpha value is -1.99. The molecule has 0 saturated heterocycles. The second kappa shape index (κ2) is 6.25. The van der Waals surface area contributed by atoms with Crippen molar-refractivity contribution in [1.82, 2.24) is 14.9 Å². The van der Waals surface area contributed by atoms with Gasteiger partial charge in [0.05, 0.1) is 11.4 Å². The van der Waals surface area contributed by atoms with Crippen LogP contribution < -0.4 is 10.3 Å². The van der Waals surface area contributed by atoms with Gasteiger partial charge in [-0.05, 0) is 48.9 Å². The number of sulfonamides is 1. The molecule has 23 heavy (non-hydrogen) atoms. The molecule has 1 aliphatic rings. The minimum absolute atomic E-state index is 0.106. The van der Waals surface area contributed by atoms with Crippen molar-refractivity contribution in [2.24, 2.45) is 5.92 Å². The van der Waals surface area contributed by atoms with Crippen molar-refractivity contribution in [3.8, 4) is 11.3 Å². The van der Waals surface area contributed by atoms with Gasteiger partial charge in [0.25, 0.3) is 5.56 Å². The molecule has 122 valence electrons. The molecule has 0 fully saturated rings. The molecular weight excluding hydrogens is 314 g/mol. The van der Waals surface area contributed by atoms with Gasteiger partial charge in [-0.3, -0.25) is 4.79 Å². The molecule has 3 rings (SSSR count). The summed E-state index contributed by atoms with van der Waals surface area (Å²) in [6.07, 6.45) is 1.72. The third-order valence-electron chi connectivity index (χ3n) is 4.17. The van der Waals surface area contributed by atoms with Crippen molar-refractivity contribution in [1.29, 1.82) is 0 Å². The molecular formula is C16H19N3O3S. The van der Waals surface area contributed by atoms with Crippen molar-refractivity contribution in [3.63, 3.8) is 0 Å². The van der Waals surface area contributed by atoms with Crippen molar-refractivity contribution in [2.45, 2.75) is 19.8 Å². The van der Waals surface area contributed by atoms with Gasteiger partial charge in [0, 0.05) is 18.2 Å². The molecule has 0 amide bonds. The van der Waals surface area contributed by atoms with Crippen molar-refractivity contribution in [2.75, 3.05) is 12.3 Å². The fraction of sp³-hybridized carbons (Fsp3) is 0.375. The number of hydrogen-bond acceptors (Lipinski definition) is 4. The molecule has 1 unspecified atom stereocenters.